The molecule has 0 aromatic heterocycles. The van der Waals surface area contributed by atoms with Crippen LogP contribution in [-0.2, 0) is 0 Å². The smallest absolute Gasteiger partial charge is 0.0874 e. The van der Waals surface area contributed by atoms with Gasteiger partial charge in [0.25, 0.3) is 0 Å². The highest BCUT2D eigenvalue weighted by molar-refractivity contribution is 5.36. The molecule has 31 heavy (non-hydrogen) atoms. The van der Waals surface area contributed by atoms with Crippen LogP contribution in [0.5, 0.6) is 0 Å². The maximum absolute atomic E-state index is 10.5. The number of hydrogen-bond donors (Lipinski definition) is 4. The number of rotatable bonds is 7. The van der Waals surface area contributed by atoms with Gasteiger partial charge in [0.15, 0.2) is 0 Å². The number of fused-ring (bicyclic) bond motifs is 1. The van der Waals surface area contributed by atoms with Crippen molar-refractivity contribution < 1.29 is 20.4 Å². The standard InChI is InChI=1S/C27H44O4/c1-18-7-10-22(29)15-21(18)9-8-20-6-5-13-27(4)24(11-12-25(20)27)19(2)14-23(30)16-26(3,31)17-28/h8-9,19,22-25,28-31H,1,5-7,10-17H2,2-4H3/b20-8+,21-9-/t19-,22+,23?,24-,25+,26?,27-/m1/s1. The van der Waals surface area contributed by atoms with Gasteiger partial charge in [-0.15, -0.1) is 0 Å². The fourth-order valence-electron chi connectivity index (χ4n) is 6.86. The predicted molar refractivity (Wildman–Crippen MR) is 125 cm³/mol. The Morgan fingerprint density at radius 3 is 2.68 bits per heavy atom. The summed E-state index contributed by atoms with van der Waals surface area (Å²) in [6.45, 7) is 10.2. The van der Waals surface area contributed by atoms with Crippen molar-refractivity contribution in [3.8, 4) is 0 Å². The van der Waals surface area contributed by atoms with Gasteiger partial charge in [-0.1, -0.05) is 43.7 Å². The fraction of sp³-hybridized carbons (Fsp3) is 0.778. The van der Waals surface area contributed by atoms with Crippen LogP contribution in [0.1, 0.15) is 85.0 Å². The van der Waals surface area contributed by atoms with Gasteiger partial charge in [-0.05, 0) is 93.5 Å². The van der Waals surface area contributed by atoms with E-state index >= 15 is 0 Å². The van der Waals surface area contributed by atoms with Crippen molar-refractivity contribution in [3.63, 3.8) is 0 Å². The molecule has 3 aliphatic rings. The molecule has 0 aromatic rings. The summed E-state index contributed by atoms with van der Waals surface area (Å²) >= 11 is 0. The van der Waals surface area contributed by atoms with E-state index in [2.05, 4.69) is 32.6 Å². The maximum atomic E-state index is 10.5. The van der Waals surface area contributed by atoms with Crippen molar-refractivity contribution in [2.24, 2.45) is 23.2 Å². The second-order valence-electron chi connectivity index (χ2n) is 11.3. The van der Waals surface area contributed by atoms with Crippen molar-refractivity contribution in [1.82, 2.24) is 0 Å². The van der Waals surface area contributed by atoms with E-state index in [9.17, 15) is 20.4 Å². The minimum Gasteiger partial charge on any atom is -0.393 e. The SMILES string of the molecule is C=C1CC[C@H](O)C/C1=C/C=C1\CCC[C@]2(C)[C@@H]([C@H](C)CC(O)CC(C)(O)CO)CC[C@@H]12. The molecule has 0 aliphatic heterocycles. The van der Waals surface area contributed by atoms with Gasteiger partial charge < -0.3 is 20.4 Å². The number of allylic oxidation sites excluding steroid dienone is 4. The Morgan fingerprint density at radius 1 is 1.23 bits per heavy atom. The van der Waals surface area contributed by atoms with Crippen molar-refractivity contribution in [2.75, 3.05) is 6.61 Å². The minimum atomic E-state index is -1.22. The highest BCUT2D eigenvalue weighted by atomic mass is 16.3. The van der Waals surface area contributed by atoms with Crippen LogP contribution in [0, 0.1) is 23.2 Å². The number of hydrogen-bond acceptors (Lipinski definition) is 4. The van der Waals surface area contributed by atoms with Gasteiger partial charge in [0.1, 0.15) is 0 Å². The van der Waals surface area contributed by atoms with Crippen molar-refractivity contribution >= 4 is 0 Å². The Kier molecular flexibility index (Phi) is 7.89. The molecule has 3 saturated carbocycles. The maximum Gasteiger partial charge on any atom is 0.0874 e. The molecule has 4 heteroatoms. The molecular formula is C27H44O4. The summed E-state index contributed by atoms with van der Waals surface area (Å²) in [5, 5.41) is 40.0. The van der Waals surface area contributed by atoms with Crippen LogP contribution >= 0.6 is 0 Å². The average Bonchev–Trinajstić information content (AvgIpc) is 3.05. The first-order valence-corrected chi connectivity index (χ1v) is 12.3. The van der Waals surface area contributed by atoms with Gasteiger partial charge >= 0.3 is 0 Å². The normalized spacial score (nSPS) is 38.2. The van der Waals surface area contributed by atoms with Crippen molar-refractivity contribution in [1.29, 1.82) is 0 Å². The Hall–Kier alpha value is -0.940. The van der Waals surface area contributed by atoms with E-state index in [-0.39, 0.29) is 24.5 Å². The first-order valence-electron chi connectivity index (χ1n) is 12.3. The number of aliphatic hydroxyl groups is 4. The van der Waals surface area contributed by atoms with Gasteiger partial charge in [0.2, 0.25) is 0 Å². The Balaban J connectivity index is 1.70. The van der Waals surface area contributed by atoms with Crippen LogP contribution in [0.4, 0.5) is 0 Å². The zero-order valence-electron chi connectivity index (χ0n) is 19.8. The predicted octanol–water partition coefficient (Wildman–Crippen LogP) is 4.68. The van der Waals surface area contributed by atoms with E-state index in [4.69, 9.17) is 0 Å². The topological polar surface area (TPSA) is 80.9 Å². The molecule has 3 aliphatic carbocycles. The van der Waals surface area contributed by atoms with Crippen molar-refractivity contribution in [2.45, 2.75) is 103 Å². The highest BCUT2D eigenvalue weighted by Crippen LogP contribution is 2.60. The molecule has 0 spiro atoms. The van der Waals surface area contributed by atoms with Crippen LogP contribution in [0.25, 0.3) is 0 Å². The highest BCUT2D eigenvalue weighted by Gasteiger charge is 2.50. The first-order chi connectivity index (χ1) is 14.6. The molecule has 176 valence electrons. The van der Waals surface area contributed by atoms with Gasteiger partial charge in [-0.25, -0.2) is 0 Å². The molecule has 3 fully saturated rings. The molecule has 3 rings (SSSR count). The van der Waals surface area contributed by atoms with Crippen LogP contribution in [0.3, 0.4) is 0 Å². The average molecular weight is 433 g/mol. The molecule has 0 heterocycles. The third kappa shape index (κ3) is 5.71. The van der Waals surface area contributed by atoms with Crippen LogP contribution < -0.4 is 0 Å². The van der Waals surface area contributed by atoms with Gasteiger partial charge in [-0.2, -0.15) is 0 Å². The molecule has 0 amide bonds. The molecule has 0 aromatic carbocycles. The lowest BCUT2D eigenvalue weighted by atomic mass is 9.60. The van der Waals surface area contributed by atoms with Gasteiger partial charge in [0.05, 0.1) is 24.4 Å². The lowest BCUT2D eigenvalue weighted by molar-refractivity contribution is -0.0439. The van der Waals surface area contributed by atoms with E-state index in [0.29, 0.717) is 24.2 Å². The summed E-state index contributed by atoms with van der Waals surface area (Å²) in [7, 11) is 0. The van der Waals surface area contributed by atoms with E-state index in [1.807, 2.05) is 0 Å². The Bertz CT molecular complexity index is 706. The van der Waals surface area contributed by atoms with Gasteiger partial charge in [-0.3, -0.25) is 0 Å². The van der Waals surface area contributed by atoms with Crippen molar-refractivity contribution in [3.05, 3.63) is 35.5 Å². The Morgan fingerprint density at radius 2 is 1.97 bits per heavy atom. The monoisotopic (exact) mass is 432 g/mol. The van der Waals surface area contributed by atoms with E-state index in [0.717, 1.165) is 25.7 Å². The van der Waals surface area contributed by atoms with Gasteiger partial charge in [0, 0.05) is 6.42 Å². The second kappa shape index (κ2) is 9.91. The molecule has 0 saturated heterocycles. The summed E-state index contributed by atoms with van der Waals surface area (Å²) in [6, 6.07) is 0. The summed E-state index contributed by atoms with van der Waals surface area (Å²) in [5.74, 6) is 1.53. The fourth-order valence-corrected chi connectivity index (χ4v) is 6.86. The zero-order valence-corrected chi connectivity index (χ0v) is 19.8. The molecule has 4 nitrogen and oxygen atoms in total. The van der Waals surface area contributed by atoms with Crippen LogP contribution in [0.2, 0.25) is 0 Å². The third-order valence-electron chi connectivity index (χ3n) is 8.57. The third-order valence-corrected chi connectivity index (χ3v) is 8.57. The summed E-state index contributed by atoms with van der Waals surface area (Å²) in [5.41, 5.74) is 2.97. The van der Waals surface area contributed by atoms with Crippen LogP contribution in [-0.4, -0.2) is 44.8 Å². The quantitative estimate of drug-likeness (QED) is 0.471. The molecule has 0 bridgehead atoms. The summed E-state index contributed by atoms with van der Waals surface area (Å²) in [4.78, 5) is 0. The molecular weight excluding hydrogens is 388 g/mol. The molecule has 2 unspecified atom stereocenters. The Labute approximate surface area is 188 Å². The molecule has 7 atom stereocenters. The van der Waals surface area contributed by atoms with E-state index < -0.39 is 11.7 Å². The zero-order chi connectivity index (χ0) is 22.8. The lowest BCUT2D eigenvalue weighted by Crippen LogP contribution is -2.38. The van der Waals surface area contributed by atoms with E-state index in [1.54, 1.807) is 12.5 Å². The number of aliphatic hydroxyl groups excluding tert-OH is 3. The lowest BCUT2D eigenvalue weighted by Gasteiger charge is -2.44. The largest absolute Gasteiger partial charge is 0.393 e. The summed E-state index contributed by atoms with van der Waals surface area (Å²) < 4.78 is 0. The van der Waals surface area contributed by atoms with E-state index in [1.165, 1.54) is 36.8 Å². The first kappa shape index (κ1) is 24.7. The minimum absolute atomic E-state index is 0.217. The second-order valence-corrected chi connectivity index (χ2v) is 11.3. The van der Waals surface area contributed by atoms with Crippen LogP contribution in [0.15, 0.2) is 35.5 Å². The molecule has 4 N–H and O–H groups in total. The summed E-state index contributed by atoms with van der Waals surface area (Å²) in [6.07, 6.45) is 13.0. The molecule has 0 radical (unpaired) electrons.